The fourth-order valence-electron chi connectivity index (χ4n) is 2.16. The maximum atomic E-state index is 4.72. The van der Waals surface area contributed by atoms with Crippen LogP contribution >= 0.6 is 11.3 Å². The number of hydrogen-bond donors (Lipinski definition) is 1. The number of thiazole rings is 1. The molecule has 0 radical (unpaired) electrons. The summed E-state index contributed by atoms with van der Waals surface area (Å²) in [6.45, 7) is 4.93. The van der Waals surface area contributed by atoms with E-state index in [2.05, 4.69) is 34.3 Å². The molecule has 0 atom stereocenters. The molecule has 21 heavy (non-hydrogen) atoms. The molecule has 3 rings (SSSR count). The quantitative estimate of drug-likeness (QED) is 0.790. The molecular weight excluding hydrogens is 280 g/mol. The zero-order valence-corrected chi connectivity index (χ0v) is 12.8. The molecule has 0 bridgehead atoms. The van der Waals surface area contributed by atoms with Crippen molar-refractivity contribution in [1.29, 1.82) is 0 Å². The fourth-order valence-corrected chi connectivity index (χ4v) is 2.73. The van der Waals surface area contributed by atoms with Crippen LogP contribution in [-0.2, 0) is 0 Å². The summed E-state index contributed by atoms with van der Waals surface area (Å²) < 4.78 is 0. The Bertz CT molecular complexity index is 724. The van der Waals surface area contributed by atoms with Crippen molar-refractivity contribution >= 4 is 17.2 Å². The highest BCUT2D eigenvalue weighted by Crippen LogP contribution is 2.29. The van der Waals surface area contributed by atoms with Gasteiger partial charge in [0.15, 0.2) is 10.8 Å². The Hall–Kier alpha value is -2.27. The van der Waals surface area contributed by atoms with Crippen LogP contribution in [0, 0.1) is 6.92 Å². The molecule has 1 N–H and O–H groups in total. The second-order valence-corrected chi connectivity index (χ2v) is 5.50. The van der Waals surface area contributed by atoms with Crippen LogP contribution in [0.1, 0.15) is 12.5 Å². The average Bonchev–Trinajstić information content (AvgIpc) is 3.05. The minimum atomic E-state index is 0.672. The SMILES string of the molecule is CCNc1nc(-c2nccs2)nc(-c2ccccc2)c1C. The van der Waals surface area contributed by atoms with Gasteiger partial charge in [-0.1, -0.05) is 30.3 Å². The Morgan fingerprint density at radius 3 is 2.62 bits per heavy atom. The molecule has 0 saturated carbocycles. The van der Waals surface area contributed by atoms with Gasteiger partial charge in [0.05, 0.1) is 5.69 Å². The van der Waals surface area contributed by atoms with Gasteiger partial charge in [-0.05, 0) is 13.8 Å². The van der Waals surface area contributed by atoms with E-state index in [0.29, 0.717) is 5.82 Å². The normalized spacial score (nSPS) is 10.6. The van der Waals surface area contributed by atoms with E-state index in [1.165, 1.54) is 0 Å². The van der Waals surface area contributed by atoms with E-state index in [4.69, 9.17) is 4.98 Å². The van der Waals surface area contributed by atoms with E-state index in [-0.39, 0.29) is 0 Å². The van der Waals surface area contributed by atoms with Gasteiger partial charge in [0.25, 0.3) is 0 Å². The first-order chi connectivity index (χ1) is 10.3. The molecule has 4 nitrogen and oxygen atoms in total. The maximum Gasteiger partial charge on any atom is 0.191 e. The fraction of sp³-hybridized carbons (Fsp3) is 0.188. The first kappa shape index (κ1) is 13.7. The molecule has 3 aromatic rings. The molecule has 0 saturated heterocycles. The molecule has 5 heteroatoms. The molecule has 0 spiro atoms. The lowest BCUT2D eigenvalue weighted by Crippen LogP contribution is -2.06. The van der Waals surface area contributed by atoms with Crippen LogP contribution in [0.2, 0.25) is 0 Å². The predicted molar refractivity (Wildman–Crippen MR) is 87.5 cm³/mol. The van der Waals surface area contributed by atoms with Gasteiger partial charge in [0.1, 0.15) is 5.82 Å². The summed E-state index contributed by atoms with van der Waals surface area (Å²) in [6.07, 6.45) is 1.78. The zero-order valence-electron chi connectivity index (χ0n) is 12.0. The molecule has 0 aliphatic carbocycles. The van der Waals surface area contributed by atoms with Crippen LogP contribution in [0.4, 0.5) is 5.82 Å². The van der Waals surface area contributed by atoms with Gasteiger partial charge in [0, 0.05) is 29.2 Å². The van der Waals surface area contributed by atoms with Crippen LogP contribution in [0.25, 0.3) is 22.1 Å². The highest BCUT2D eigenvalue weighted by Gasteiger charge is 2.14. The van der Waals surface area contributed by atoms with E-state index in [9.17, 15) is 0 Å². The third kappa shape index (κ3) is 2.78. The summed E-state index contributed by atoms with van der Waals surface area (Å²) in [5.41, 5.74) is 3.10. The Kier molecular flexibility index (Phi) is 3.92. The lowest BCUT2D eigenvalue weighted by Gasteiger charge is -2.12. The van der Waals surface area contributed by atoms with Crippen molar-refractivity contribution in [3.05, 3.63) is 47.5 Å². The van der Waals surface area contributed by atoms with Gasteiger partial charge in [-0.3, -0.25) is 0 Å². The number of rotatable bonds is 4. The maximum absolute atomic E-state index is 4.72. The summed E-state index contributed by atoms with van der Waals surface area (Å²) in [7, 11) is 0. The predicted octanol–water partition coefficient (Wildman–Crippen LogP) is 4.01. The molecule has 0 aliphatic heterocycles. The smallest absolute Gasteiger partial charge is 0.191 e. The van der Waals surface area contributed by atoms with Gasteiger partial charge < -0.3 is 5.32 Å². The molecule has 0 amide bonds. The first-order valence-corrected chi connectivity index (χ1v) is 7.75. The number of aromatic nitrogens is 3. The molecule has 0 unspecified atom stereocenters. The molecule has 106 valence electrons. The van der Waals surface area contributed by atoms with Crippen LogP contribution in [0.3, 0.4) is 0 Å². The van der Waals surface area contributed by atoms with Crippen molar-refractivity contribution in [3.63, 3.8) is 0 Å². The largest absolute Gasteiger partial charge is 0.370 e. The van der Waals surface area contributed by atoms with Crippen molar-refractivity contribution in [2.75, 3.05) is 11.9 Å². The Balaban J connectivity index is 2.18. The van der Waals surface area contributed by atoms with Crippen molar-refractivity contribution in [2.45, 2.75) is 13.8 Å². The third-order valence-corrected chi connectivity index (χ3v) is 3.93. The molecule has 2 aromatic heterocycles. The van der Waals surface area contributed by atoms with Crippen molar-refractivity contribution in [3.8, 4) is 22.1 Å². The van der Waals surface area contributed by atoms with E-state index >= 15 is 0 Å². The molecule has 0 fully saturated rings. The number of benzene rings is 1. The zero-order chi connectivity index (χ0) is 14.7. The highest BCUT2D eigenvalue weighted by atomic mass is 32.1. The highest BCUT2D eigenvalue weighted by molar-refractivity contribution is 7.13. The van der Waals surface area contributed by atoms with Crippen LogP contribution < -0.4 is 5.32 Å². The monoisotopic (exact) mass is 296 g/mol. The van der Waals surface area contributed by atoms with E-state index < -0.39 is 0 Å². The third-order valence-electron chi connectivity index (χ3n) is 3.16. The summed E-state index contributed by atoms with van der Waals surface area (Å²) in [6, 6.07) is 10.2. The summed E-state index contributed by atoms with van der Waals surface area (Å²) in [5.74, 6) is 1.54. The Labute approximate surface area is 127 Å². The average molecular weight is 296 g/mol. The van der Waals surface area contributed by atoms with Crippen molar-refractivity contribution in [1.82, 2.24) is 15.0 Å². The van der Waals surface area contributed by atoms with Crippen molar-refractivity contribution < 1.29 is 0 Å². The van der Waals surface area contributed by atoms with Crippen LogP contribution in [0.15, 0.2) is 41.9 Å². The molecule has 0 aliphatic rings. The van der Waals surface area contributed by atoms with Gasteiger partial charge in [-0.25, -0.2) is 15.0 Å². The number of nitrogens with one attached hydrogen (secondary N) is 1. The number of anilines is 1. The second-order valence-electron chi connectivity index (χ2n) is 4.60. The second kappa shape index (κ2) is 6.01. The van der Waals surface area contributed by atoms with Gasteiger partial charge in [-0.2, -0.15) is 0 Å². The lowest BCUT2D eigenvalue weighted by atomic mass is 10.1. The van der Waals surface area contributed by atoms with E-state index in [0.717, 1.165) is 34.2 Å². The van der Waals surface area contributed by atoms with Gasteiger partial charge >= 0.3 is 0 Å². The lowest BCUT2D eigenvalue weighted by molar-refractivity contribution is 1.09. The summed E-state index contributed by atoms with van der Waals surface area (Å²) in [4.78, 5) is 13.7. The molecule has 2 heterocycles. The van der Waals surface area contributed by atoms with Gasteiger partial charge in [0.2, 0.25) is 0 Å². The van der Waals surface area contributed by atoms with Crippen LogP contribution in [-0.4, -0.2) is 21.5 Å². The van der Waals surface area contributed by atoms with Crippen LogP contribution in [0.5, 0.6) is 0 Å². The first-order valence-electron chi connectivity index (χ1n) is 6.87. The number of hydrogen-bond acceptors (Lipinski definition) is 5. The standard InChI is InChI=1S/C16H16N4S/c1-3-17-14-11(2)13(12-7-5-4-6-8-12)19-15(20-14)16-18-9-10-21-16/h4-10H,3H2,1-2H3,(H,17,19,20). The summed E-state index contributed by atoms with van der Waals surface area (Å²) >= 11 is 1.55. The topological polar surface area (TPSA) is 50.7 Å². The van der Waals surface area contributed by atoms with E-state index in [1.54, 1.807) is 17.5 Å². The number of nitrogens with zero attached hydrogens (tertiary/aromatic N) is 3. The Morgan fingerprint density at radius 2 is 1.95 bits per heavy atom. The molecule has 1 aromatic carbocycles. The molecular formula is C16H16N4S. The summed E-state index contributed by atoms with van der Waals surface area (Å²) in [5, 5.41) is 6.09. The van der Waals surface area contributed by atoms with Crippen molar-refractivity contribution in [2.24, 2.45) is 0 Å². The van der Waals surface area contributed by atoms with E-state index in [1.807, 2.05) is 30.5 Å². The van der Waals surface area contributed by atoms with Gasteiger partial charge in [-0.15, -0.1) is 11.3 Å². The minimum absolute atomic E-state index is 0.672. The Morgan fingerprint density at radius 1 is 1.14 bits per heavy atom. The minimum Gasteiger partial charge on any atom is -0.370 e.